The van der Waals surface area contributed by atoms with Crippen LogP contribution < -0.4 is 0 Å². The highest BCUT2D eigenvalue weighted by Gasteiger charge is 2.47. The Bertz CT molecular complexity index is 763. The van der Waals surface area contributed by atoms with E-state index in [9.17, 15) is 9.59 Å². The summed E-state index contributed by atoms with van der Waals surface area (Å²) < 4.78 is 18.5. The quantitative estimate of drug-likeness (QED) is 0.765. The van der Waals surface area contributed by atoms with Crippen molar-refractivity contribution in [2.75, 3.05) is 33.9 Å². The van der Waals surface area contributed by atoms with E-state index in [0.29, 0.717) is 49.1 Å². The van der Waals surface area contributed by atoms with Gasteiger partial charge in [0.05, 0.1) is 29.8 Å². The fourth-order valence-electron chi connectivity index (χ4n) is 3.18. The van der Waals surface area contributed by atoms with Crippen LogP contribution in [0.5, 0.6) is 0 Å². The van der Waals surface area contributed by atoms with Gasteiger partial charge in [0.25, 0.3) is 5.91 Å². The molecule has 7 nitrogen and oxygen atoms in total. The number of hydrogen-bond donors (Lipinski definition) is 0. The lowest BCUT2D eigenvalue weighted by Crippen LogP contribution is -2.38. The molecule has 1 atom stereocenters. The van der Waals surface area contributed by atoms with E-state index in [1.807, 2.05) is 6.07 Å². The highest BCUT2D eigenvalue weighted by Crippen LogP contribution is 2.36. The Morgan fingerprint density at radius 1 is 1.33 bits per heavy atom. The predicted molar refractivity (Wildman–Crippen MR) is 88.9 cm³/mol. The van der Waals surface area contributed by atoms with Crippen LogP contribution in [0.25, 0.3) is 11.0 Å². The maximum Gasteiger partial charge on any atom is 0.313 e. The van der Waals surface area contributed by atoms with Gasteiger partial charge < -0.3 is 14.4 Å². The van der Waals surface area contributed by atoms with Crippen LogP contribution in [0, 0.1) is 5.41 Å². The first kappa shape index (κ1) is 16.8. The Morgan fingerprint density at radius 3 is 2.92 bits per heavy atom. The van der Waals surface area contributed by atoms with Gasteiger partial charge in [-0.05, 0) is 25.0 Å². The van der Waals surface area contributed by atoms with Crippen LogP contribution in [0.2, 0.25) is 0 Å². The molecular formula is C16H19N3O4S. The molecule has 1 saturated heterocycles. The van der Waals surface area contributed by atoms with Crippen molar-refractivity contribution in [3.8, 4) is 0 Å². The Hall–Kier alpha value is -2.06. The van der Waals surface area contributed by atoms with Gasteiger partial charge in [0.15, 0.2) is 0 Å². The largest absolute Gasteiger partial charge is 0.469 e. The number of carbonyl (C=O) groups is 2. The van der Waals surface area contributed by atoms with Crippen molar-refractivity contribution in [3.63, 3.8) is 0 Å². The smallest absolute Gasteiger partial charge is 0.313 e. The molecule has 1 aromatic heterocycles. The number of fused-ring (bicyclic) bond motifs is 1. The van der Waals surface area contributed by atoms with E-state index in [-0.39, 0.29) is 11.9 Å². The average Bonchev–Trinajstić information content (AvgIpc) is 3.26. The number of rotatable bonds is 5. The lowest BCUT2D eigenvalue weighted by Gasteiger charge is -2.26. The summed E-state index contributed by atoms with van der Waals surface area (Å²) in [6.07, 6.45) is 1.10. The van der Waals surface area contributed by atoms with Crippen molar-refractivity contribution >= 4 is 34.6 Å². The van der Waals surface area contributed by atoms with Crippen molar-refractivity contribution in [3.05, 3.63) is 23.8 Å². The molecule has 1 aliphatic rings. The van der Waals surface area contributed by atoms with E-state index in [2.05, 4.69) is 8.75 Å². The molecule has 8 heteroatoms. The fraction of sp³-hybridized carbons (Fsp3) is 0.500. The number of hydrogen-bond acceptors (Lipinski definition) is 7. The maximum absolute atomic E-state index is 12.9. The van der Waals surface area contributed by atoms with Crippen molar-refractivity contribution in [2.24, 2.45) is 5.41 Å². The molecule has 0 spiro atoms. The first-order valence-electron chi connectivity index (χ1n) is 7.69. The summed E-state index contributed by atoms with van der Waals surface area (Å²) in [5.41, 5.74) is 1.14. The van der Waals surface area contributed by atoms with Crippen molar-refractivity contribution in [1.82, 2.24) is 13.6 Å². The molecule has 1 fully saturated rings. The second kappa shape index (κ2) is 6.82. The molecule has 1 aliphatic heterocycles. The van der Waals surface area contributed by atoms with Gasteiger partial charge in [-0.2, -0.15) is 8.75 Å². The van der Waals surface area contributed by atoms with Crippen LogP contribution in [-0.4, -0.2) is 59.4 Å². The number of ether oxygens (including phenoxy) is 2. The standard InChI is InChI=1S/C16H19N3O4S/c1-22-9-7-16(15(21)23-2)6-8-19(10-16)14(20)11-4-3-5-12-13(11)18-24-17-12/h3-5H,6-10H2,1-2H3. The molecule has 2 aromatic rings. The van der Waals surface area contributed by atoms with Gasteiger partial charge >= 0.3 is 5.97 Å². The van der Waals surface area contributed by atoms with Crippen LogP contribution in [-0.2, 0) is 14.3 Å². The van der Waals surface area contributed by atoms with Crippen LogP contribution >= 0.6 is 11.7 Å². The van der Waals surface area contributed by atoms with E-state index in [1.54, 1.807) is 24.1 Å². The third kappa shape index (κ3) is 2.87. The number of carbonyl (C=O) groups excluding carboxylic acids is 2. The molecule has 3 rings (SSSR count). The normalized spacial score (nSPS) is 20.5. The monoisotopic (exact) mass is 349 g/mol. The average molecular weight is 349 g/mol. The minimum Gasteiger partial charge on any atom is -0.469 e. The van der Waals surface area contributed by atoms with Gasteiger partial charge in [0.1, 0.15) is 11.0 Å². The highest BCUT2D eigenvalue weighted by atomic mass is 32.1. The summed E-state index contributed by atoms with van der Waals surface area (Å²) in [6.45, 7) is 1.28. The van der Waals surface area contributed by atoms with Gasteiger partial charge in [-0.15, -0.1) is 0 Å². The van der Waals surface area contributed by atoms with E-state index >= 15 is 0 Å². The molecule has 0 saturated carbocycles. The lowest BCUT2D eigenvalue weighted by molar-refractivity contribution is -0.153. The summed E-state index contributed by atoms with van der Waals surface area (Å²) in [6, 6.07) is 5.38. The second-order valence-corrected chi connectivity index (χ2v) is 6.46. The highest BCUT2D eigenvalue weighted by molar-refractivity contribution is 7.00. The topological polar surface area (TPSA) is 81.6 Å². The van der Waals surface area contributed by atoms with Gasteiger partial charge in [-0.25, -0.2) is 0 Å². The number of benzene rings is 1. The molecule has 0 N–H and O–H groups in total. The van der Waals surface area contributed by atoms with Crippen LogP contribution in [0.4, 0.5) is 0 Å². The summed E-state index contributed by atoms with van der Waals surface area (Å²) in [4.78, 5) is 26.9. The second-order valence-electron chi connectivity index (χ2n) is 5.93. The first-order valence-corrected chi connectivity index (χ1v) is 8.42. The summed E-state index contributed by atoms with van der Waals surface area (Å²) in [5, 5.41) is 0. The summed E-state index contributed by atoms with van der Waals surface area (Å²) >= 11 is 1.09. The summed E-state index contributed by atoms with van der Waals surface area (Å²) in [7, 11) is 2.97. The minimum absolute atomic E-state index is 0.128. The Labute approximate surface area is 143 Å². The molecule has 0 bridgehead atoms. The number of nitrogens with zero attached hydrogens (tertiary/aromatic N) is 3. The minimum atomic E-state index is -0.700. The molecule has 0 aliphatic carbocycles. The zero-order valence-corrected chi connectivity index (χ0v) is 14.5. The van der Waals surface area contributed by atoms with Gasteiger partial charge in [0, 0.05) is 26.8 Å². The SMILES string of the molecule is COCCC1(C(=O)OC)CCN(C(=O)c2cccc3nsnc23)C1. The van der Waals surface area contributed by atoms with Crippen molar-refractivity contribution in [1.29, 1.82) is 0 Å². The zero-order valence-electron chi connectivity index (χ0n) is 13.7. The number of esters is 1. The van der Waals surface area contributed by atoms with E-state index in [1.165, 1.54) is 7.11 Å². The van der Waals surface area contributed by atoms with Crippen molar-refractivity contribution in [2.45, 2.75) is 12.8 Å². The van der Waals surface area contributed by atoms with Crippen LogP contribution in [0.3, 0.4) is 0 Å². The van der Waals surface area contributed by atoms with Gasteiger partial charge in [0.2, 0.25) is 0 Å². The Balaban J connectivity index is 1.84. The molecular weight excluding hydrogens is 330 g/mol. The number of likely N-dealkylation sites (tertiary alicyclic amines) is 1. The molecule has 1 unspecified atom stereocenters. The third-order valence-corrected chi connectivity index (χ3v) is 5.10. The number of methoxy groups -OCH3 is 2. The molecule has 1 amide bonds. The molecule has 0 radical (unpaired) electrons. The molecule has 128 valence electrons. The van der Waals surface area contributed by atoms with Gasteiger partial charge in [-0.1, -0.05) is 6.07 Å². The van der Waals surface area contributed by atoms with Crippen LogP contribution in [0.1, 0.15) is 23.2 Å². The number of aromatic nitrogens is 2. The zero-order chi connectivity index (χ0) is 17.2. The Morgan fingerprint density at radius 2 is 2.17 bits per heavy atom. The number of amides is 1. The van der Waals surface area contributed by atoms with Crippen LogP contribution in [0.15, 0.2) is 18.2 Å². The lowest BCUT2D eigenvalue weighted by atomic mass is 9.84. The molecule has 1 aromatic carbocycles. The Kier molecular flexibility index (Phi) is 4.77. The van der Waals surface area contributed by atoms with Crippen molar-refractivity contribution < 1.29 is 19.1 Å². The predicted octanol–water partition coefficient (Wildman–Crippen LogP) is 1.73. The van der Waals surface area contributed by atoms with E-state index in [4.69, 9.17) is 9.47 Å². The first-order chi connectivity index (χ1) is 11.6. The summed E-state index contributed by atoms with van der Waals surface area (Å²) in [5.74, 6) is -0.417. The maximum atomic E-state index is 12.9. The molecule has 24 heavy (non-hydrogen) atoms. The fourth-order valence-corrected chi connectivity index (χ4v) is 3.73. The third-order valence-electron chi connectivity index (χ3n) is 4.56. The van der Waals surface area contributed by atoms with E-state index in [0.717, 1.165) is 11.7 Å². The van der Waals surface area contributed by atoms with Gasteiger partial charge in [-0.3, -0.25) is 9.59 Å². The molecule has 2 heterocycles. The van der Waals surface area contributed by atoms with E-state index < -0.39 is 5.41 Å².